The number of carbonyl (C=O) groups is 1. The van der Waals surface area contributed by atoms with E-state index >= 15 is 0 Å². The topological polar surface area (TPSA) is 104 Å². The fraction of sp³-hybridized carbons (Fsp3) is 0.712. The lowest BCUT2D eigenvalue weighted by Gasteiger charge is -2.23. The molecule has 7 heteroatoms. The summed E-state index contributed by atoms with van der Waals surface area (Å²) in [5.74, 6) is -0.979. The molecule has 0 heterocycles. The molecule has 0 saturated carbocycles. The molecule has 3 N–H and O–H groups in total. The molecule has 0 aromatic heterocycles. The van der Waals surface area contributed by atoms with Crippen molar-refractivity contribution in [2.75, 3.05) is 5.75 Å². The lowest BCUT2D eigenvalue weighted by atomic mass is 10.0. The Hall–Kier alpha value is -2.48. The average Bonchev–Trinajstić information content (AvgIpc) is 3.20. The van der Waals surface area contributed by atoms with Crippen molar-refractivity contribution >= 4 is 16.0 Å². The average molecular weight is 842 g/mol. The van der Waals surface area contributed by atoms with Gasteiger partial charge in [0.15, 0.2) is 0 Å². The highest BCUT2D eigenvalue weighted by Gasteiger charge is 2.26. The fourth-order valence-electron chi connectivity index (χ4n) is 7.03. The van der Waals surface area contributed by atoms with E-state index in [1.165, 1.54) is 116 Å². The summed E-state index contributed by atoms with van der Waals surface area (Å²) >= 11 is 0. The monoisotopic (exact) mass is 842 g/mol. The number of amides is 1. The highest BCUT2D eigenvalue weighted by atomic mass is 32.2. The molecule has 0 aliphatic heterocycles. The Morgan fingerprint density at radius 1 is 0.475 bits per heavy atom. The minimum atomic E-state index is -4.34. The number of aliphatic hydroxyl groups is 1. The second-order valence-electron chi connectivity index (χ2n) is 16.4. The van der Waals surface area contributed by atoms with Gasteiger partial charge in [-0.05, 0) is 64.2 Å². The number of allylic oxidation sites excluding steroid dienone is 14. The van der Waals surface area contributed by atoms with Crippen LogP contribution in [-0.2, 0) is 14.9 Å². The quantitative estimate of drug-likeness (QED) is 0.0322. The molecule has 2 atom stereocenters. The maximum absolute atomic E-state index is 12.6. The van der Waals surface area contributed by atoms with Crippen LogP contribution in [0.5, 0.6) is 0 Å². The third-order valence-electron chi connectivity index (χ3n) is 10.6. The number of rotatable bonds is 43. The Morgan fingerprint density at radius 2 is 0.797 bits per heavy atom. The summed E-state index contributed by atoms with van der Waals surface area (Å²) in [7, 11) is -4.34. The van der Waals surface area contributed by atoms with E-state index in [0.29, 0.717) is 12.8 Å². The fourth-order valence-corrected chi connectivity index (χ4v) is 7.79. The number of unbranched alkanes of at least 4 members (excludes halogenated alkanes) is 21. The summed E-state index contributed by atoms with van der Waals surface area (Å²) in [6.45, 7) is 4.43. The van der Waals surface area contributed by atoms with Crippen LogP contribution in [0.25, 0.3) is 0 Å². The van der Waals surface area contributed by atoms with Gasteiger partial charge in [0.05, 0.1) is 17.9 Å². The van der Waals surface area contributed by atoms with Crippen LogP contribution in [0.3, 0.4) is 0 Å². The van der Waals surface area contributed by atoms with Crippen molar-refractivity contribution < 1.29 is 22.9 Å². The van der Waals surface area contributed by atoms with E-state index in [2.05, 4.69) is 104 Å². The molecule has 0 saturated heterocycles. The first-order valence-electron chi connectivity index (χ1n) is 24.3. The van der Waals surface area contributed by atoms with Gasteiger partial charge in [0.1, 0.15) is 0 Å². The van der Waals surface area contributed by atoms with Crippen molar-refractivity contribution in [3.05, 3.63) is 85.1 Å². The normalized spacial score (nSPS) is 13.9. The molecule has 340 valence electrons. The Bertz CT molecular complexity index is 1250. The Morgan fingerprint density at radius 3 is 1.14 bits per heavy atom. The van der Waals surface area contributed by atoms with Gasteiger partial charge in [-0.1, -0.05) is 234 Å². The summed E-state index contributed by atoms with van der Waals surface area (Å²) in [6, 6.07) is -1.01. The maximum Gasteiger partial charge on any atom is 0.266 e. The molecule has 0 spiro atoms. The van der Waals surface area contributed by atoms with E-state index < -0.39 is 28.0 Å². The standard InChI is InChI=1S/C52H91NO5S/c1-3-5-7-9-11-13-15-17-19-21-23-25-26-28-30-32-34-36-38-40-42-44-46-48-52(55)53-50(49-59(56,57)58)51(54)47-45-43-41-39-37-35-33-31-29-27-24-22-20-18-16-14-12-10-8-6-4-2/h5,7,11,13,17,19,23,25,28,30,34,36,40,42,50-51,54H,3-4,6,8-10,12,14-16,18,20-22,24,26-27,29,31-33,35,37-39,41,43-49H2,1-2H3,(H,53,55)(H,56,57,58)/b7-5-,13-11-,19-17-,25-23-,30-28-,36-34-,42-40-. The number of hydrogen-bond donors (Lipinski definition) is 3. The van der Waals surface area contributed by atoms with Crippen LogP contribution >= 0.6 is 0 Å². The predicted octanol–water partition coefficient (Wildman–Crippen LogP) is 15.1. The van der Waals surface area contributed by atoms with Crippen LogP contribution in [0, 0.1) is 0 Å². The van der Waals surface area contributed by atoms with Crippen LogP contribution in [0.4, 0.5) is 0 Å². The maximum atomic E-state index is 12.6. The summed E-state index contributed by atoms with van der Waals surface area (Å²) in [4.78, 5) is 12.6. The third kappa shape index (κ3) is 46.4. The van der Waals surface area contributed by atoms with Crippen LogP contribution in [0.2, 0.25) is 0 Å². The minimum Gasteiger partial charge on any atom is -0.391 e. The lowest BCUT2D eigenvalue weighted by Crippen LogP contribution is -2.47. The lowest BCUT2D eigenvalue weighted by molar-refractivity contribution is -0.122. The highest BCUT2D eigenvalue weighted by Crippen LogP contribution is 2.16. The first kappa shape index (κ1) is 56.5. The van der Waals surface area contributed by atoms with E-state index in [1.54, 1.807) is 0 Å². The molecule has 0 aliphatic carbocycles. The van der Waals surface area contributed by atoms with E-state index in [4.69, 9.17) is 0 Å². The van der Waals surface area contributed by atoms with Gasteiger partial charge in [0, 0.05) is 6.42 Å². The van der Waals surface area contributed by atoms with E-state index in [0.717, 1.165) is 70.6 Å². The zero-order valence-electron chi connectivity index (χ0n) is 38.1. The summed E-state index contributed by atoms with van der Waals surface area (Å²) in [5, 5.41) is 13.4. The second kappa shape index (κ2) is 45.1. The van der Waals surface area contributed by atoms with Crippen molar-refractivity contribution in [1.29, 1.82) is 0 Å². The van der Waals surface area contributed by atoms with E-state index in [1.807, 2.05) is 0 Å². The molecule has 6 nitrogen and oxygen atoms in total. The number of nitrogens with one attached hydrogen (secondary N) is 1. The first-order chi connectivity index (χ1) is 28.8. The van der Waals surface area contributed by atoms with Crippen molar-refractivity contribution in [3.8, 4) is 0 Å². The van der Waals surface area contributed by atoms with Crippen molar-refractivity contribution in [2.45, 2.75) is 231 Å². The summed E-state index contributed by atoms with van der Waals surface area (Å²) in [6.07, 6.45) is 65.5. The Balaban J connectivity index is 3.92. The van der Waals surface area contributed by atoms with Crippen LogP contribution in [-0.4, -0.2) is 41.9 Å². The van der Waals surface area contributed by atoms with Gasteiger partial charge in [0.25, 0.3) is 10.1 Å². The van der Waals surface area contributed by atoms with Crippen LogP contribution in [0.15, 0.2) is 85.1 Å². The van der Waals surface area contributed by atoms with Gasteiger partial charge < -0.3 is 10.4 Å². The molecular formula is C52H91NO5S. The molecule has 0 bridgehead atoms. The molecule has 1 amide bonds. The molecule has 59 heavy (non-hydrogen) atoms. The van der Waals surface area contributed by atoms with E-state index in [-0.39, 0.29) is 12.3 Å². The number of hydrogen-bond acceptors (Lipinski definition) is 4. The molecule has 2 unspecified atom stereocenters. The molecular weight excluding hydrogens is 751 g/mol. The van der Waals surface area contributed by atoms with Crippen molar-refractivity contribution in [3.63, 3.8) is 0 Å². The van der Waals surface area contributed by atoms with Crippen molar-refractivity contribution in [2.24, 2.45) is 0 Å². The van der Waals surface area contributed by atoms with E-state index in [9.17, 15) is 22.9 Å². The van der Waals surface area contributed by atoms with Gasteiger partial charge in [-0.15, -0.1) is 0 Å². The highest BCUT2D eigenvalue weighted by molar-refractivity contribution is 7.85. The van der Waals surface area contributed by atoms with Gasteiger partial charge in [-0.2, -0.15) is 8.42 Å². The SMILES string of the molecule is CC/C=C\C/C=C\C/C=C\C/C=C\C/C=C\C/C=C\C/C=C\CCCC(=O)NC(CS(=O)(=O)O)C(O)CCCCCCCCCCCCCCCCCCCCCCC. The number of carbonyl (C=O) groups excluding carboxylic acids is 1. The largest absolute Gasteiger partial charge is 0.391 e. The number of aliphatic hydroxyl groups excluding tert-OH is 1. The molecule has 0 rings (SSSR count). The summed E-state index contributed by atoms with van der Waals surface area (Å²) in [5.41, 5.74) is 0. The Labute approximate surface area is 365 Å². The second-order valence-corrected chi connectivity index (χ2v) is 17.9. The molecule has 0 aromatic rings. The van der Waals surface area contributed by atoms with Crippen LogP contribution < -0.4 is 5.32 Å². The minimum absolute atomic E-state index is 0.234. The zero-order valence-corrected chi connectivity index (χ0v) is 38.9. The molecule has 0 fully saturated rings. The molecule has 0 radical (unpaired) electrons. The Kier molecular flexibility index (Phi) is 43.2. The predicted molar refractivity (Wildman–Crippen MR) is 257 cm³/mol. The van der Waals surface area contributed by atoms with Crippen molar-refractivity contribution in [1.82, 2.24) is 5.32 Å². The van der Waals surface area contributed by atoms with Gasteiger partial charge in [-0.3, -0.25) is 9.35 Å². The first-order valence-corrected chi connectivity index (χ1v) is 25.9. The van der Waals surface area contributed by atoms with Gasteiger partial charge in [-0.25, -0.2) is 0 Å². The summed E-state index contributed by atoms with van der Waals surface area (Å²) < 4.78 is 32.7. The smallest absolute Gasteiger partial charge is 0.266 e. The van der Waals surface area contributed by atoms with Gasteiger partial charge >= 0.3 is 0 Å². The zero-order chi connectivity index (χ0) is 43.2. The van der Waals surface area contributed by atoms with Crippen LogP contribution in [0.1, 0.15) is 219 Å². The third-order valence-corrected chi connectivity index (χ3v) is 11.4. The molecule has 0 aliphatic rings. The van der Waals surface area contributed by atoms with Gasteiger partial charge in [0.2, 0.25) is 5.91 Å². The molecule has 0 aromatic carbocycles.